The van der Waals surface area contributed by atoms with Gasteiger partial charge in [-0.2, -0.15) is 0 Å². The highest BCUT2D eigenvalue weighted by Crippen LogP contribution is 2.27. The van der Waals surface area contributed by atoms with Crippen LogP contribution in [0.2, 0.25) is 0 Å². The molecular formula is C33H31F2N5O3. The van der Waals surface area contributed by atoms with E-state index in [-0.39, 0.29) is 29.9 Å². The molecule has 2 amide bonds. The fourth-order valence-electron chi connectivity index (χ4n) is 5.05. The van der Waals surface area contributed by atoms with Gasteiger partial charge in [-0.15, -0.1) is 0 Å². The van der Waals surface area contributed by atoms with Crippen molar-refractivity contribution in [3.8, 4) is 16.9 Å². The van der Waals surface area contributed by atoms with E-state index in [1.54, 1.807) is 61.0 Å². The number of carbonyl (C=O) groups excluding carboxylic acids is 2. The molecule has 10 heteroatoms. The molecule has 8 nitrogen and oxygen atoms in total. The third-order valence-electron chi connectivity index (χ3n) is 7.43. The zero-order valence-corrected chi connectivity index (χ0v) is 24.2. The van der Waals surface area contributed by atoms with Crippen LogP contribution in [-0.4, -0.2) is 41.1 Å². The number of amides is 2. The Kier molecular flexibility index (Phi) is 8.22. The number of hydrogen-bond acceptors (Lipinski definition) is 4. The van der Waals surface area contributed by atoms with E-state index < -0.39 is 17.4 Å². The average Bonchev–Trinajstić information content (AvgIpc) is 3.33. The molecule has 0 radical (unpaired) electrons. The molecule has 0 fully saturated rings. The first-order valence-corrected chi connectivity index (χ1v) is 13.7. The van der Waals surface area contributed by atoms with Crippen LogP contribution in [-0.2, 0) is 11.3 Å². The summed E-state index contributed by atoms with van der Waals surface area (Å²) in [5, 5.41) is 8.81. The Morgan fingerprint density at radius 1 is 0.930 bits per heavy atom. The fourth-order valence-corrected chi connectivity index (χ4v) is 5.05. The van der Waals surface area contributed by atoms with Crippen molar-refractivity contribution in [2.45, 2.75) is 26.4 Å². The van der Waals surface area contributed by atoms with E-state index >= 15 is 4.39 Å². The number of aryl methyl sites for hydroxylation is 1. The third kappa shape index (κ3) is 5.96. The lowest BCUT2D eigenvalue weighted by Crippen LogP contribution is -2.37. The second kappa shape index (κ2) is 12.0. The predicted molar refractivity (Wildman–Crippen MR) is 164 cm³/mol. The van der Waals surface area contributed by atoms with Gasteiger partial charge in [0.05, 0.1) is 23.8 Å². The SMILES string of the molecule is CNC(=O)c1cccc(-c2ccc(NC(=O)[C@H](C)NC)c(=O)n2Cc2cc(F)cc(-n3cc(C)c4cc(F)ccc43)c2)c1. The number of carbonyl (C=O) groups is 2. The maximum atomic E-state index is 15.1. The summed E-state index contributed by atoms with van der Waals surface area (Å²) in [4.78, 5) is 38.8. The fraction of sp³-hybridized carbons (Fsp3) is 0.182. The van der Waals surface area contributed by atoms with Crippen molar-refractivity contribution in [3.05, 3.63) is 118 Å². The van der Waals surface area contributed by atoms with Gasteiger partial charge >= 0.3 is 0 Å². The van der Waals surface area contributed by atoms with E-state index in [1.807, 2.05) is 13.1 Å². The predicted octanol–water partition coefficient (Wildman–Crippen LogP) is 5.00. The van der Waals surface area contributed by atoms with Crippen LogP contribution in [0.4, 0.5) is 14.5 Å². The van der Waals surface area contributed by atoms with Gasteiger partial charge < -0.3 is 25.1 Å². The molecule has 1 atom stereocenters. The van der Waals surface area contributed by atoms with Crippen molar-refractivity contribution >= 4 is 28.4 Å². The molecule has 0 unspecified atom stereocenters. The quantitative estimate of drug-likeness (QED) is 0.240. The number of fused-ring (bicyclic) bond motifs is 1. The van der Waals surface area contributed by atoms with Gasteiger partial charge in [0.2, 0.25) is 5.91 Å². The topological polar surface area (TPSA) is 97.2 Å². The molecule has 220 valence electrons. The lowest BCUT2D eigenvalue weighted by atomic mass is 10.1. The first-order valence-electron chi connectivity index (χ1n) is 13.7. The third-order valence-corrected chi connectivity index (χ3v) is 7.43. The number of pyridine rings is 1. The summed E-state index contributed by atoms with van der Waals surface area (Å²) in [6.45, 7) is 3.48. The Hall–Kier alpha value is -5.09. The number of halogens is 2. The summed E-state index contributed by atoms with van der Waals surface area (Å²) in [5.74, 6) is -1.56. The molecule has 0 saturated carbocycles. The zero-order valence-electron chi connectivity index (χ0n) is 24.2. The Bertz CT molecular complexity index is 1930. The van der Waals surface area contributed by atoms with Crippen molar-refractivity contribution < 1.29 is 18.4 Å². The minimum atomic E-state index is -0.545. The molecule has 0 spiro atoms. The smallest absolute Gasteiger partial charge is 0.275 e. The van der Waals surface area contributed by atoms with Crippen LogP contribution in [0.5, 0.6) is 0 Å². The van der Waals surface area contributed by atoms with Crippen molar-refractivity contribution in [1.82, 2.24) is 19.8 Å². The van der Waals surface area contributed by atoms with E-state index in [0.29, 0.717) is 39.0 Å². The van der Waals surface area contributed by atoms with Gasteiger partial charge in [-0.3, -0.25) is 14.4 Å². The molecule has 3 aromatic carbocycles. The van der Waals surface area contributed by atoms with Crippen LogP contribution in [0.3, 0.4) is 0 Å². The number of nitrogens with one attached hydrogen (secondary N) is 3. The molecule has 5 rings (SSSR count). The van der Waals surface area contributed by atoms with Crippen LogP contribution >= 0.6 is 0 Å². The number of hydrogen-bond donors (Lipinski definition) is 3. The van der Waals surface area contributed by atoms with Crippen LogP contribution in [0.15, 0.2) is 83.8 Å². The highest BCUT2D eigenvalue weighted by Gasteiger charge is 2.18. The standard InChI is InChI=1S/C33H31F2N5O3/c1-19-17-39(30-10-8-24(34)16-27(19)30)26-13-21(12-25(35)15-26)18-40-29(22-6-5-7-23(14-22)32(42)37-4)11-9-28(33(40)43)38-31(41)20(2)36-3/h5-17,20,36H,18H2,1-4H3,(H,37,42)(H,38,41)/t20-/m0/s1. The van der Waals surface area contributed by atoms with Crippen molar-refractivity contribution in [1.29, 1.82) is 0 Å². The van der Waals surface area contributed by atoms with Crippen molar-refractivity contribution in [2.75, 3.05) is 19.4 Å². The van der Waals surface area contributed by atoms with Gasteiger partial charge in [0.1, 0.15) is 17.3 Å². The molecule has 0 aliphatic rings. The lowest BCUT2D eigenvalue weighted by molar-refractivity contribution is -0.117. The van der Waals surface area contributed by atoms with Gasteiger partial charge in [-0.1, -0.05) is 12.1 Å². The number of aromatic nitrogens is 2. The van der Waals surface area contributed by atoms with Crippen LogP contribution in [0.25, 0.3) is 27.8 Å². The van der Waals surface area contributed by atoms with Crippen molar-refractivity contribution in [2.24, 2.45) is 0 Å². The number of anilines is 1. The summed E-state index contributed by atoms with van der Waals surface area (Å²) >= 11 is 0. The Balaban J connectivity index is 1.64. The molecule has 0 saturated heterocycles. The molecule has 2 aromatic heterocycles. The van der Waals surface area contributed by atoms with Gasteiger partial charge in [0, 0.05) is 29.9 Å². The molecule has 0 aliphatic carbocycles. The van der Waals surface area contributed by atoms with Gasteiger partial charge in [-0.05, 0) is 98.2 Å². The largest absolute Gasteiger partial charge is 0.355 e. The van der Waals surface area contributed by atoms with Crippen LogP contribution in [0, 0.1) is 18.6 Å². The van der Waals surface area contributed by atoms with Gasteiger partial charge in [0.15, 0.2) is 0 Å². The average molecular weight is 584 g/mol. The van der Waals surface area contributed by atoms with Crippen LogP contribution < -0.4 is 21.5 Å². The highest BCUT2D eigenvalue weighted by atomic mass is 19.1. The van der Waals surface area contributed by atoms with Gasteiger partial charge in [0.25, 0.3) is 11.5 Å². The van der Waals surface area contributed by atoms with E-state index in [2.05, 4.69) is 16.0 Å². The first kappa shape index (κ1) is 29.4. The molecule has 3 N–H and O–H groups in total. The summed E-state index contributed by atoms with van der Waals surface area (Å²) in [5.41, 5.74) is 3.55. The first-order chi connectivity index (χ1) is 20.6. The number of nitrogens with zero attached hydrogens (tertiary/aromatic N) is 2. The number of likely N-dealkylation sites (N-methyl/N-ethyl adjacent to an activating group) is 1. The lowest BCUT2D eigenvalue weighted by Gasteiger charge is -2.18. The summed E-state index contributed by atoms with van der Waals surface area (Å²) in [6, 6.07) is 18.4. The maximum absolute atomic E-state index is 15.1. The summed E-state index contributed by atoms with van der Waals surface area (Å²) in [7, 11) is 3.17. The second-order valence-electron chi connectivity index (χ2n) is 10.3. The summed E-state index contributed by atoms with van der Waals surface area (Å²) < 4.78 is 32.2. The number of rotatable bonds is 8. The minimum absolute atomic E-state index is 0.0404. The van der Waals surface area contributed by atoms with Gasteiger partial charge in [-0.25, -0.2) is 8.78 Å². The monoisotopic (exact) mass is 583 g/mol. The molecule has 2 heterocycles. The normalized spacial score (nSPS) is 11.9. The minimum Gasteiger partial charge on any atom is -0.355 e. The van der Waals surface area contributed by atoms with E-state index in [9.17, 15) is 18.8 Å². The summed E-state index contributed by atoms with van der Waals surface area (Å²) in [6.07, 6.45) is 1.81. The number of benzene rings is 3. The molecule has 0 aliphatic heterocycles. The molecule has 5 aromatic rings. The Labute approximate surface area is 247 Å². The van der Waals surface area contributed by atoms with Crippen LogP contribution in [0.1, 0.15) is 28.4 Å². The van der Waals surface area contributed by atoms with Crippen molar-refractivity contribution in [3.63, 3.8) is 0 Å². The zero-order chi connectivity index (χ0) is 30.8. The Morgan fingerprint density at radius 3 is 2.47 bits per heavy atom. The van der Waals surface area contributed by atoms with E-state index in [4.69, 9.17) is 0 Å². The van der Waals surface area contributed by atoms with E-state index in [1.165, 1.54) is 41.9 Å². The molecule has 43 heavy (non-hydrogen) atoms. The van der Waals surface area contributed by atoms with E-state index in [0.717, 1.165) is 5.56 Å². The highest BCUT2D eigenvalue weighted by molar-refractivity contribution is 5.96. The second-order valence-corrected chi connectivity index (χ2v) is 10.3. The Morgan fingerprint density at radius 2 is 1.72 bits per heavy atom. The maximum Gasteiger partial charge on any atom is 0.275 e. The molecule has 0 bridgehead atoms. The molecular weight excluding hydrogens is 552 g/mol.